The van der Waals surface area contributed by atoms with Gasteiger partial charge in [-0.05, 0) is 52.9 Å². The van der Waals surface area contributed by atoms with Gasteiger partial charge in [0, 0.05) is 0 Å². The zero-order valence-electron chi connectivity index (χ0n) is 10.8. The van der Waals surface area contributed by atoms with Crippen LogP contribution in [-0.4, -0.2) is 6.61 Å². The predicted molar refractivity (Wildman–Crippen MR) is 80.5 cm³/mol. The van der Waals surface area contributed by atoms with E-state index in [-0.39, 0.29) is 5.38 Å². The number of rotatable bonds is 5. The molecule has 1 aromatic rings. The quantitative estimate of drug-likeness (QED) is 0.628. The van der Waals surface area contributed by atoms with Gasteiger partial charge in [-0.25, -0.2) is 0 Å². The number of hydrogen-bond donors (Lipinski definition) is 0. The smallest absolute Gasteiger partial charge is 0.133 e. The molecule has 1 fully saturated rings. The first-order valence-electron chi connectivity index (χ1n) is 6.77. The molecule has 0 N–H and O–H groups in total. The van der Waals surface area contributed by atoms with Crippen molar-refractivity contribution < 1.29 is 4.74 Å². The van der Waals surface area contributed by atoms with Crippen molar-refractivity contribution in [3.05, 3.63) is 28.2 Å². The fourth-order valence-corrected chi connectivity index (χ4v) is 3.56. The fraction of sp³-hybridized carbons (Fsp3) is 0.600. The fourth-order valence-electron chi connectivity index (χ4n) is 2.66. The average Bonchev–Trinajstić information content (AvgIpc) is 2.84. The van der Waals surface area contributed by atoms with Gasteiger partial charge in [0.2, 0.25) is 0 Å². The van der Waals surface area contributed by atoms with Crippen LogP contribution < -0.4 is 4.74 Å². The third-order valence-electron chi connectivity index (χ3n) is 3.63. The van der Waals surface area contributed by atoms with E-state index in [0.717, 1.165) is 22.6 Å². The Morgan fingerprint density at radius 3 is 2.72 bits per heavy atom. The third-order valence-corrected chi connectivity index (χ3v) is 4.68. The Morgan fingerprint density at radius 1 is 1.39 bits per heavy atom. The molecule has 100 valence electrons. The van der Waals surface area contributed by atoms with Crippen molar-refractivity contribution >= 4 is 27.5 Å². The second-order valence-electron chi connectivity index (χ2n) is 4.98. The van der Waals surface area contributed by atoms with E-state index in [9.17, 15) is 0 Å². The molecule has 0 radical (unpaired) electrons. The van der Waals surface area contributed by atoms with Gasteiger partial charge in [0.1, 0.15) is 5.75 Å². The highest BCUT2D eigenvalue weighted by molar-refractivity contribution is 9.10. The zero-order chi connectivity index (χ0) is 13.0. The van der Waals surface area contributed by atoms with Gasteiger partial charge in [-0.15, -0.1) is 11.6 Å². The highest BCUT2D eigenvalue weighted by Gasteiger charge is 2.20. The highest BCUT2D eigenvalue weighted by atomic mass is 79.9. The van der Waals surface area contributed by atoms with Crippen molar-refractivity contribution in [2.75, 3.05) is 6.61 Å². The first kappa shape index (κ1) is 14.2. The SMILES string of the molecule is CCOc1ccc(C(Cl)CC2CCCC2)cc1Br. The van der Waals surface area contributed by atoms with Gasteiger partial charge < -0.3 is 4.74 Å². The third kappa shape index (κ3) is 3.64. The molecule has 18 heavy (non-hydrogen) atoms. The number of benzene rings is 1. The van der Waals surface area contributed by atoms with E-state index >= 15 is 0 Å². The maximum atomic E-state index is 6.53. The lowest BCUT2D eigenvalue weighted by Crippen LogP contribution is -2.00. The minimum absolute atomic E-state index is 0.125. The molecule has 0 bridgehead atoms. The second kappa shape index (κ2) is 6.81. The van der Waals surface area contributed by atoms with Crippen molar-refractivity contribution in [2.45, 2.75) is 44.4 Å². The zero-order valence-corrected chi connectivity index (χ0v) is 13.1. The topological polar surface area (TPSA) is 9.23 Å². The Balaban J connectivity index is 2.01. The molecule has 0 spiro atoms. The van der Waals surface area contributed by atoms with E-state index in [2.05, 4.69) is 28.1 Å². The summed E-state index contributed by atoms with van der Waals surface area (Å²) in [7, 11) is 0. The molecule has 1 aromatic carbocycles. The normalized spacial score (nSPS) is 17.9. The molecule has 0 saturated heterocycles. The second-order valence-corrected chi connectivity index (χ2v) is 6.36. The Labute approximate surface area is 123 Å². The van der Waals surface area contributed by atoms with Crippen LogP contribution in [0.15, 0.2) is 22.7 Å². The average molecular weight is 332 g/mol. The molecule has 0 aromatic heterocycles. The van der Waals surface area contributed by atoms with Gasteiger partial charge in [0.15, 0.2) is 0 Å². The molecule has 3 heteroatoms. The number of alkyl halides is 1. The van der Waals surface area contributed by atoms with Crippen LogP contribution in [0.25, 0.3) is 0 Å². The molecule has 1 aliphatic carbocycles. The molecule has 0 heterocycles. The summed E-state index contributed by atoms with van der Waals surface area (Å²) in [5.74, 6) is 1.71. The number of hydrogen-bond acceptors (Lipinski definition) is 1. The van der Waals surface area contributed by atoms with Gasteiger partial charge in [0.25, 0.3) is 0 Å². The molecule has 1 atom stereocenters. The standard InChI is InChI=1S/C15H20BrClO/c1-2-18-15-8-7-12(10-13(15)16)14(17)9-11-5-3-4-6-11/h7-8,10-11,14H,2-6,9H2,1H3. The maximum absolute atomic E-state index is 6.53. The first-order chi connectivity index (χ1) is 8.70. The molecular formula is C15H20BrClO. The van der Waals surface area contributed by atoms with Crippen LogP contribution in [0.4, 0.5) is 0 Å². The van der Waals surface area contributed by atoms with E-state index < -0.39 is 0 Å². The molecule has 2 rings (SSSR count). The summed E-state index contributed by atoms with van der Waals surface area (Å²) in [6, 6.07) is 6.19. The van der Waals surface area contributed by atoms with E-state index in [0.29, 0.717) is 6.61 Å². The summed E-state index contributed by atoms with van der Waals surface area (Å²) in [5.41, 5.74) is 1.19. The van der Waals surface area contributed by atoms with E-state index in [1.54, 1.807) is 0 Å². The van der Waals surface area contributed by atoms with Crippen molar-refractivity contribution in [3.8, 4) is 5.75 Å². The van der Waals surface area contributed by atoms with Crippen LogP contribution in [0.1, 0.15) is 50.0 Å². The summed E-state index contributed by atoms with van der Waals surface area (Å²) in [6.45, 7) is 2.68. The lowest BCUT2D eigenvalue weighted by molar-refractivity contribution is 0.338. The Hall–Kier alpha value is -0.210. The maximum Gasteiger partial charge on any atom is 0.133 e. The Morgan fingerprint density at radius 2 is 2.11 bits per heavy atom. The Bertz CT molecular complexity index is 388. The van der Waals surface area contributed by atoms with Crippen LogP contribution in [-0.2, 0) is 0 Å². The van der Waals surface area contributed by atoms with Crippen molar-refractivity contribution in [1.29, 1.82) is 0 Å². The lowest BCUT2D eigenvalue weighted by atomic mass is 9.98. The summed E-state index contributed by atoms with van der Waals surface area (Å²) in [4.78, 5) is 0. The molecule has 0 amide bonds. The van der Waals surface area contributed by atoms with Gasteiger partial charge in [-0.1, -0.05) is 31.7 Å². The summed E-state index contributed by atoms with van der Waals surface area (Å²) >= 11 is 10.1. The van der Waals surface area contributed by atoms with E-state index in [1.165, 1.54) is 31.2 Å². The van der Waals surface area contributed by atoms with Crippen LogP contribution in [0, 0.1) is 5.92 Å². The van der Waals surface area contributed by atoms with Crippen LogP contribution in [0.5, 0.6) is 5.75 Å². The lowest BCUT2D eigenvalue weighted by Gasteiger charge is -2.16. The van der Waals surface area contributed by atoms with E-state index in [1.807, 2.05) is 13.0 Å². The number of halogens is 2. The molecular weight excluding hydrogens is 312 g/mol. The summed E-state index contributed by atoms with van der Waals surface area (Å²) in [5, 5.41) is 0.125. The van der Waals surface area contributed by atoms with Crippen molar-refractivity contribution in [3.63, 3.8) is 0 Å². The van der Waals surface area contributed by atoms with Gasteiger partial charge in [-0.3, -0.25) is 0 Å². The minimum Gasteiger partial charge on any atom is -0.493 e. The summed E-state index contributed by atoms with van der Waals surface area (Å²) < 4.78 is 6.51. The molecule has 1 saturated carbocycles. The minimum atomic E-state index is 0.125. The monoisotopic (exact) mass is 330 g/mol. The van der Waals surface area contributed by atoms with E-state index in [4.69, 9.17) is 16.3 Å². The molecule has 1 nitrogen and oxygen atoms in total. The first-order valence-corrected chi connectivity index (χ1v) is 8.00. The molecule has 1 aliphatic rings. The van der Waals surface area contributed by atoms with Crippen molar-refractivity contribution in [1.82, 2.24) is 0 Å². The van der Waals surface area contributed by atoms with Gasteiger partial charge in [-0.2, -0.15) is 0 Å². The highest BCUT2D eigenvalue weighted by Crippen LogP contribution is 2.38. The molecule has 0 aliphatic heterocycles. The Kier molecular flexibility index (Phi) is 5.38. The molecule has 1 unspecified atom stereocenters. The van der Waals surface area contributed by atoms with Gasteiger partial charge >= 0.3 is 0 Å². The largest absolute Gasteiger partial charge is 0.493 e. The van der Waals surface area contributed by atoms with Crippen molar-refractivity contribution in [2.24, 2.45) is 5.92 Å². The van der Waals surface area contributed by atoms with Crippen LogP contribution in [0.2, 0.25) is 0 Å². The van der Waals surface area contributed by atoms with Gasteiger partial charge in [0.05, 0.1) is 16.5 Å². The van der Waals surface area contributed by atoms with Crippen LogP contribution >= 0.6 is 27.5 Å². The summed E-state index contributed by atoms with van der Waals surface area (Å²) in [6.07, 6.45) is 6.55. The number of ether oxygens (including phenoxy) is 1. The van der Waals surface area contributed by atoms with Crippen LogP contribution in [0.3, 0.4) is 0 Å². The predicted octanol–water partition coefficient (Wildman–Crippen LogP) is 5.71.